The van der Waals surface area contributed by atoms with Crippen molar-refractivity contribution in [3.8, 4) is 0 Å². The molecule has 2 rings (SSSR count). The van der Waals surface area contributed by atoms with E-state index >= 15 is 0 Å². The number of rotatable bonds is 6. The first kappa shape index (κ1) is 17.5. The molecule has 116 valence electrons. The summed E-state index contributed by atoms with van der Waals surface area (Å²) in [7, 11) is 0. The van der Waals surface area contributed by atoms with Crippen LogP contribution in [0.5, 0.6) is 0 Å². The third-order valence-corrected chi connectivity index (χ3v) is 3.42. The lowest BCUT2D eigenvalue weighted by Gasteiger charge is -2.22. The molecule has 1 amide bonds. The molecular formula is C16H23ClN2O2. The van der Waals surface area contributed by atoms with Gasteiger partial charge in [0.1, 0.15) is 11.3 Å². The van der Waals surface area contributed by atoms with Crippen molar-refractivity contribution >= 4 is 29.3 Å². The SMILES string of the molecule is CCCC(C)(N)C(=O)NCCc1cc2ccccc2o1.Cl. The molecule has 0 aliphatic heterocycles. The van der Waals surface area contributed by atoms with Crippen LogP contribution in [0, 0.1) is 0 Å². The van der Waals surface area contributed by atoms with Crippen molar-refractivity contribution in [3.63, 3.8) is 0 Å². The van der Waals surface area contributed by atoms with Gasteiger partial charge in [-0.05, 0) is 25.5 Å². The van der Waals surface area contributed by atoms with E-state index in [1.54, 1.807) is 6.92 Å². The molecule has 0 saturated heterocycles. The van der Waals surface area contributed by atoms with E-state index < -0.39 is 5.54 Å². The third-order valence-electron chi connectivity index (χ3n) is 3.42. The lowest BCUT2D eigenvalue weighted by molar-refractivity contribution is -0.126. The van der Waals surface area contributed by atoms with Crippen molar-refractivity contribution in [3.05, 3.63) is 36.1 Å². The first-order valence-electron chi connectivity index (χ1n) is 7.07. The smallest absolute Gasteiger partial charge is 0.239 e. The highest BCUT2D eigenvalue weighted by molar-refractivity contribution is 5.85. The van der Waals surface area contributed by atoms with Crippen LogP contribution in [0.1, 0.15) is 32.4 Å². The number of hydrogen-bond donors (Lipinski definition) is 2. The number of carbonyl (C=O) groups is 1. The summed E-state index contributed by atoms with van der Waals surface area (Å²) in [5.41, 5.74) is 6.07. The van der Waals surface area contributed by atoms with Gasteiger partial charge in [-0.1, -0.05) is 31.5 Å². The molecule has 1 aromatic heterocycles. The van der Waals surface area contributed by atoms with E-state index in [-0.39, 0.29) is 18.3 Å². The first-order valence-corrected chi connectivity index (χ1v) is 7.07. The maximum atomic E-state index is 12.0. The number of benzene rings is 1. The summed E-state index contributed by atoms with van der Waals surface area (Å²) in [5.74, 6) is 0.774. The minimum absolute atomic E-state index is 0. The minimum Gasteiger partial charge on any atom is -0.461 e. The van der Waals surface area contributed by atoms with Crippen molar-refractivity contribution in [2.24, 2.45) is 5.73 Å². The van der Waals surface area contributed by atoms with Gasteiger partial charge in [-0.2, -0.15) is 0 Å². The molecule has 0 aliphatic rings. The van der Waals surface area contributed by atoms with Gasteiger partial charge in [0.15, 0.2) is 0 Å². The van der Waals surface area contributed by atoms with Crippen LogP contribution in [0.25, 0.3) is 11.0 Å². The Hall–Kier alpha value is -1.52. The number of amides is 1. The normalized spacial score (nSPS) is 13.5. The number of furan rings is 1. The van der Waals surface area contributed by atoms with Crippen LogP contribution in [0.15, 0.2) is 34.7 Å². The molecular weight excluding hydrogens is 288 g/mol. The molecule has 2 aromatic rings. The monoisotopic (exact) mass is 310 g/mol. The van der Waals surface area contributed by atoms with Crippen LogP contribution in [0.4, 0.5) is 0 Å². The molecule has 0 aliphatic carbocycles. The largest absolute Gasteiger partial charge is 0.461 e. The summed E-state index contributed by atoms with van der Waals surface area (Å²) < 4.78 is 5.70. The Balaban J connectivity index is 0.00000220. The molecule has 1 aromatic carbocycles. The third kappa shape index (κ3) is 4.48. The van der Waals surface area contributed by atoms with Crippen LogP contribution < -0.4 is 11.1 Å². The lowest BCUT2D eigenvalue weighted by Crippen LogP contribution is -2.51. The highest BCUT2D eigenvalue weighted by atomic mass is 35.5. The topological polar surface area (TPSA) is 68.3 Å². The molecule has 0 bridgehead atoms. The quantitative estimate of drug-likeness (QED) is 0.861. The van der Waals surface area contributed by atoms with Gasteiger partial charge in [0.05, 0.1) is 5.54 Å². The molecule has 1 unspecified atom stereocenters. The van der Waals surface area contributed by atoms with Gasteiger partial charge in [0.25, 0.3) is 0 Å². The highest BCUT2D eigenvalue weighted by Crippen LogP contribution is 2.18. The van der Waals surface area contributed by atoms with Gasteiger partial charge in [-0.25, -0.2) is 0 Å². The maximum absolute atomic E-state index is 12.0. The predicted octanol–water partition coefficient (Wildman–Crippen LogP) is 3.03. The van der Waals surface area contributed by atoms with Crippen molar-refractivity contribution in [2.45, 2.75) is 38.6 Å². The summed E-state index contributed by atoms with van der Waals surface area (Å²) in [6, 6.07) is 9.89. The van der Waals surface area contributed by atoms with Gasteiger partial charge in [0.2, 0.25) is 5.91 Å². The Labute approximate surface area is 131 Å². The Morgan fingerprint density at radius 1 is 1.38 bits per heavy atom. The summed E-state index contributed by atoms with van der Waals surface area (Å²) in [6.45, 7) is 4.33. The van der Waals surface area contributed by atoms with Gasteiger partial charge in [-0.3, -0.25) is 4.79 Å². The Kier molecular flexibility index (Phi) is 6.24. The van der Waals surface area contributed by atoms with E-state index in [0.29, 0.717) is 19.4 Å². The first-order chi connectivity index (χ1) is 9.53. The van der Waals surface area contributed by atoms with E-state index in [0.717, 1.165) is 23.2 Å². The molecule has 0 radical (unpaired) electrons. The summed E-state index contributed by atoms with van der Waals surface area (Å²) in [4.78, 5) is 12.0. The number of halogens is 1. The molecule has 5 heteroatoms. The number of fused-ring (bicyclic) bond motifs is 1. The van der Waals surface area contributed by atoms with E-state index in [2.05, 4.69) is 5.32 Å². The predicted molar refractivity (Wildman–Crippen MR) is 87.7 cm³/mol. The molecule has 1 atom stereocenters. The molecule has 4 nitrogen and oxygen atoms in total. The van der Waals surface area contributed by atoms with E-state index in [9.17, 15) is 4.79 Å². The highest BCUT2D eigenvalue weighted by Gasteiger charge is 2.26. The van der Waals surface area contributed by atoms with Crippen LogP contribution >= 0.6 is 12.4 Å². The molecule has 0 fully saturated rings. The Morgan fingerprint density at radius 3 is 2.76 bits per heavy atom. The van der Waals surface area contributed by atoms with Gasteiger partial charge < -0.3 is 15.5 Å². The summed E-state index contributed by atoms with van der Waals surface area (Å²) in [6.07, 6.45) is 2.25. The number of para-hydroxylation sites is 1. The van der Waals surface area contributed by atoms with E-state index in [1.165, 1.54) is 0 Å². The Bertz CT molecular complexity index is 560. The molecule has 0 spiro atoms. The van der Waals surface area contributed by atoms with Crippen LogP contribution in [0.3, 0.4) is 0 Å². The number of nitrogens with two attached hydrogens (primary N) is 1. The molecule has 21 heavy (non-hydrogen) atoms. The zero-order chi connectivity index (χ0) is 14.6. The van der Waals surface area contributed by atoms with Crippen molar-refractivity contribution < 1.29 is 9.21 Å². The van der Waals surface area contributed by atoms with E-state index in [4.69, 9.17) is 10.2 Å². The summed E-state index contributed by atoms with van der Waals surface area (Å²) >= 11 is 0. The van der Waals surface area contributed by atoms with Crippen molar-refractivity contribution in [2.75, 3.05) is 6.54 Å². The van der Waals surface area contributed by atoms with Gasteiger partial charge in [-0.15, -0.1) is 12.4 Å². The fourth-order valence-corrected chi connectivity index (χ4v) is 2.29. The lowest BCUT2D eigenvalue weighted by atomic mass is 9.96. The standard InChI is InChI=1S/C16H22N2O2.ClH/c1-3-9-16(2,17)15(19)18-10-8-13-11-12-6-4-5-7-14(12)20-13;/h4-7,11H,3,8-10,17H2,1-2H3,(H,18,19);1H. The number of nitrogens with one attached hydrogen (secondary N) is 1. The van der Waals surface area contributed by atoms with Crippen molar-refractivity contribution in [1.82, 2.24) is 5.32 Å². The zero-order valence-corrected chi connectivity index (χ0v) is 13.3. The summed E-state index contributed by atoms with van der Waals surface area (Å²) in [5, 5.41) is 3.96. The molecule has 1 heterocycles. The Morgan fingerprint density at radius 2 is 2.10 bits per heavy atom. The number of carbonyl (C=O) groups excluding carboxylic acids is 1. The van der Waals surface area contributed by atoms with Crippen molar-refractivity contribution in [1.29, 1.82) is 0 Å². The van der Waals surface area contributed by atoms with Gasteiger partial charge >= 0.3 is 0 Å². The zero-order valence-electron chi connectivity index (χ0n) is 12.5. The number of hydrogen-bond acceptors (Lipinski definition) is 3. The second kappa shape index (κ2) is 7.48. The van der Waals surface area contributed by atoms with Crippen LogP contribution in [0.2, 0.25) is 0 Å². The maximum Gasteiger partial charge on any atom is 0.239 e. The minimum atomic E-state index is -0.789. The fourth-order valence-electron chi connectivity index (χ4n) is 2.29. The van der Waals surface area contributed by atoms with Crippen LogP contribution in [-0.2, 0) is 11.2 Å². The molecule has 3 N–H and O–H groups in total. The fraction of sp³-hybridized carbons (Fsp3) is 0.438. The second-order valence-electron chi connectivity index (χ2n) is 5.42. The molecule has 0 saturated carbocycles. The second-order valence-corrected chi connectivity index (χ2v) is 5.42. The average molecular weight is 311 g/mol. The van der Waals surface area contributed by atoms with Gasteiger partial charge in [0, 0.05) is 18.4 Å². The van der Waals surface area contributed by atoms with E-state index in [1.807, 2.05) is 37.3 Å². The van der Waals surface area contributed by atoms with Crippen LogP contribution in [-0.4, -0.2) is 18.0 Å². The average Bonchev–Trinajstić information content (AvgIpc) is 2.81.